The molecule has 0 unspecified atom stereocenters. The molecule has 116 valence electrons. The molecule has 7 heteroatoms. The molecule has 0 saturated heterocycles. The Labute approximate surface area is 133 Å². The summed E-state index contributed by atoms with van der Waals surface area (Å²) in [4.78, 5) is 20.7. The number of hydrogen-bond donors (Lipinski definition) is 1. The van der Waals surface area contributed by atoms with Crippen molar-refractivity contribution in [3.63, 3.8) is 0 Å². The third kappa shape index (κ3) is 2.99. The Balaban J connectivity index is 2.60. The average Bonchev–Trinajstić information content (AvgIpc) is 2.48. The van der Waals surface area contributed by atoms with Crippen molar-refractivity contribution < 1.29 is 5.11 Å². The number of nitrogens with zero attached hydrogens (tertiary/aromatic N) is 4. The number of rotatable bonds is 4. The van der Waals surface area contributed by atoms with Gasteiger partial charge in [-0.1, -0.05) is 0 Å². The van der Waals surface area contributed by atoms with Gasteiger partial charge in [0.15, 0.2) is 10.6 Å². The van der Waals surface area contributed by atoms with Crippen molar-refractivity contribution in [2.24, 2.45) is 4.99 Å². The van der Waals surface area contributed by atoms with Gasteiger partial charge in [0.1, 0.15) is 5.56 Å². The third-order valence-electron chi connectivity index (χ3n) is 3.29. The van der Waals surface area contributed by atoms with Crippen molar-refractivity contribution in [1.82, 2.24) is 14.1 Å². The van der Waals surface area contributed by atoms with E-state index in [-0.39, 0.29) is 17.0 Å². The van der Waals surface area contributed by atoms with Crippen LogP contribution >= 0.6 is 12.2 Å². The van der Waals surface area contributed by atoms with Gasteiger partial charge in [0.05, 0.1) is 0 Å². The zero-order chi connectivity index (χ0) is 16.3. The van der Waals surface area contributed by atoms with E-state index < -0.39 is 0 Å². The van der Waals surface area contributed by atoms with Crippen molar-refractivity contribution in [2.45, 2.75) is 33.9 Å². The molecule has 2 aromatic rings. The van der Waals surface area contributed by atoms with Gasteiger partial charge in [-0.15, -0.1) is 0 Å². The van der Waals surface area contributed by atoms with Crippen LogP contribution in [0.3, 0.4) is 0 Å². The number of aromatic nitrogens is 3. The van der Waals surface area contributed by atoms with E-state index in [0.717, 1.165) is 5.56 Å². The first-order valence-corrected chi connectivity index (χ1v) is 7.43. The van der Waals surface area contributed by atoms with Crippen LogP contribution < -0.4 is 5.56 Å². The summed E-state index contributed by atoms with van der Waals surface area (Å²) in [6.45, 7) is 6.51. The van der Waals surface area contributed by atoms with Gasteiger partial charge >= 0.3 is 0 Å². The molecule has 0 atom stereocenters. The molecule has 0 fully saturated rings. The predicted octanol–water partition coefficient (Wildman–Crippen LogP) is 2.58. The molecular weight excluding hydrogens is 300 g/mol. The van der Waals surface area contributed by atoms with Gasteiger partial charge in [0, 0.05) is 25.5 Å². The molecule has 2 aromatic heterocycles. The second-order valence-electron chi connectivity index (χ2n) is 4.76. The summed E-state index contributed by atoms with van der Waals surface area (Å²) in [5.74, 6) is 0.311. The van der Waals surface area contributed by atoms with Gasteiger partial charge in [-0.05, 0) is 50.7 Å². The summed E-state index contributed by atoms with van der Waals surface area (Å²) >= 11 is 5.23. The highest BCUT2D eigenvalue weighted by molar-refractivity contribution is 7.71. The summed E-state index contributed by atoms with van der Waals surface area (Å²) in [6.07, 6.45) is 2.98. The lowest BCUT2D eigenvalue weighted by Gasteiger charge is -2.13. The molecule has 0 aliphatic carbocycles. The molecular formula is C15H18N4O2S. The van der Waals surface area contributed by atoms with E-state index in [9.17, 15) is 9.90 Å². The van der Waals surface area contributed by atoms with Gasteiger partial charge < -0.3 is 5.11 Å². The number of pyridine rings is 1. The molecule has 0 aliphatic rings. The van der Waals surface area contributed by atoms with Gasteiger partial charge in [0.2, 0.25) is 5.88 Å². The summed E-state index contributed by atoms with van der Waals surface area (Å²) in [7, 11) is 0. The molecule has 0 spiro atoms. The largest absolute Gasteiger partial charge is 0.494 e. The quantitative estimate of drug-likeness (QED) is 0.694. The van der Waals surface area contributed by atoms with Crippen LogP contribution in [0.1, 0.15) is 25.0 Å². The molecule has 2 rings (SSSR count). The van der Waals surface area contributed by atoms with Gasteiger partial charge in [-0.3, -0.25) is 13.9 Å². The van der Waals surface area contributed by atoms with Crippen molar-refractivity contribution in [2.75, 3.05) is 0 Å². The van der Waals surface area contributed by atoms with Crippen LogP contribution in [0.15, 0.2) is 28.1 Å². The lowest BCUT2D eigenvalue weighted by Crippen LogP contribution is -2.27. The Bertz CT molecular complexity index is 836. The fourth-order valence-corrected chi connectivity index (χ4v) is 2.54. The van der Waals surface area contributed by atoms with E-state index >= 15 is 0 Å². The van der Waals surface area contributed by atoms with Crippen molar-refractivity contribution >= 4 is 24.3 Å². The van der Waals surface area contributed by atoms with Crippen molar-refractivity contribution in [3.05, 3.63) is 44.6 Å². The Morgan fingerprint density at radius 1 is 1.36 bits per heavy atom. The molecule has 1 N–H and O–H groups in total. The minimum Gasteiger partial charge on any atom is -0.494 e. The van der Waals surface area contributed by atoms with Gasteiger partial charge in [-0.2, -0.15) is 0 Å². The summed E-state index contributed by atoms with van der Waals surface area (Å²) < 4.78 is 3.24. The molecule has 0 radical (unpaired) electrons. The lowest BCUT2D eigenvalue weighted by atomic mass is 10.3. The van der Waals surface area contributed by atoms with Gasteiger partial charge in [0.25, 0.3) is 5.56 Å². The molecule has 0 aromatic carbocycles. The van der Waals surface area contributed by atoms with Gasteiger partial charge in [-0.25, -0.2) is 9.98 Å². The average molecular weight is 318 g/mol. The minimum atomic E-state index is -0.355. The Morgan fingerprint density at radius 2 is 2.05 bits per heavy atom. The van der Waals surface area contributed by atoms with E-state index in [4.69, 9.17) is 12.2 Å². The molecule has 2 heterocycles. The van der Waals surface area contributed by atoms with E-state index in [1.807, 2.05) is 26.8 Å². The second-order valence-corrected chi connectivity index (χ2v) is 5.13. The molecule has 0 saturated carbocycles. The number of hydrogen-bond acceptors (Lipinski definition) is 5. The van der Waals surface area contributed by atoms with Crippen LogP contribution in [0, 0.1) is 11.7 Å². The molecule has 6 nitrogen and oxygen atoms in total. The maximum Gasteiger partial charge on any atom is 0.267 e. The summed E-state index contributed by atoms with van der Waals surface area (Å²) in [5, 5.41) is 10.3. The van der Waals surface area contributed by atoms with Crippen LogP contribution in [0.25, 0.3) is 0 Å². The smallest absolute Gasteiger partial charge is 0.267 e. The standard InChI is InChI=1S/C15H18N4O2S/c1-4-18-13(20)11(14(21)19(5-2)15(18)22)9-17-12-8-10(3)6-7-16-12/h6-9,20H,4-5H2,1-3H3. The summed E-state index contributed by atoms with van der Waals surface area (Å²) in [5.41, 5.74) is 0.772. The SMILES string of the molecule is CCn1c(O)c(C=Nc2cc(C)ccn2)c(=O)n(CC)c1=S. The lowest BCUT2D eigenvalue weighted by molar-refractivity contribution is 0.399. The topological polar surface area (TPSA) is 72.4 Å². The zero-order valence-corrected chi connectivity index (χ0v) is 13.6. The van der Waals surface area contributed by atoms with E-state index in [1.165, 1.54) is 15.3 Å². The molecule has 0 aliphatic heterocycles. The maximum absolute atomic E-state index is 12.4. The Hall–Kier alpha value is -2.28. The Kier molecular flexibility index (Phi) is 4.87. The first-order valence-electron chi connectivity index (χ1n) is 7.02. The fraction of sp³-hybridized carbons (Fsp3) is 0.333. The molecule has 22 heavy (non-hydrogen) atoms. The fourth-order valence-electron chi connectivity index (χ4n) is 2.11. The third-order valence-corrected chi connectivity index (χ3v) is 3.73. The van der Waals surface area contributed by atoms with E-state index in [1.54, 1.807) is 12.3 Å². The first-order chi connectivity index (χ1) is 10.5. The monoisotopic (exact) mass is 318 g/mol. The van der Waals surface area contributed by atoms with Crippen molar-refractivity contribution in [1.29, 1.82) is 0 Å². The highest BCUT2D eigenvalue weighted by Crippen LogP contribution is 2.15. The summed E-state index contributed by atoms with van der Waals surface area (Å²) in [6, 6.07) is 3.65. The normalized spacial score (nSPS) is 11.2. The van der Waals surface area contributed by atoms with Crippen LogP contribution in [-0.4, -0.2) is 25.4 Å². The Morgan fingerprint density at radius 3 is 2.64 bits per heavy atom. The highest BCUT2D eigenvalue weighted by Gasteiger charge is 2.13. The number of aryl methyl sites for hydroxylation is 1. The number of aliphatic imine (C=N–C) groups is 1. The van der Waals surface area contributed by atoms with Crippen LogP contribution in [0.5, 0.6) is 5.88 Å². The second kappa shape index (κ2) is 6.65. The highest BCUT2D eigenvalue weighted by atomic mass is 32.1. The van der Waals surface area contributed by atoms with Crippen LogP contribution in [-0.2, 0) is 13.1 Å². The van der Waals surface area contributed by atoms with E-state index in [0.29, 0.717) is 23.7 Å². The van der Waals surface area contributed by atoms with Crippen LogP contribution in [0.4, 0.5) is 5.82 Å². The molecule has 0 bridgehead atoms. The molecule has 0 amide bonds. The number of aromatic hydroxyl groups is 1. The van der Waals surface area contributed by atoms with Crippen molar-refractivity contribution in [3.8, 4) is 5.88 Å². The zero-order valence-electron chi connectivity index (χ0n) is 12.8. The maximum atomic E-state index is 12.4. The van der Waals surface area contributed by atoms with E-state index in [2.05, 4.69) is 9.98 Å². The minimum absolute atomic E-state index is 0.112. The van der Waals surface area contributed by atoms with Crippen LogP contribution in [0.2, 0.25) is 0 Å². The first kappa shape index (κ1) is 16.1. The predicted molar refractivity (Wildman–Crippen MR) is 88.8 cm³/mol.